The van der Waals surface area contributed by atoms with Gasteiger partial charge >= 0.3 is 0 Å². The zero-order valence-electron chi connectivity index (χ0n) is 14.6. The van der Waals surface area contributed by atoms with Crippen molar-refractivity contribution in [2.24, 2.45) is 0 Å². The SMILES string of the molecule is OC(O)[C@@]1(c2cc(Br)ccc2Cl)CC1(c1ccccc1)c1ccccc1.[Rh].[Rh]. The Hall–Kier alpha value is -0.403. The van der Waals surface area contributed by atoms with Crippen LogP contribution in [0.25, 0.3) is 0 Å². The molecule has 28 heavy (non-hydrogen) atoms. The van der Waals surface area contributed by atoms with Gasteiger partial charge in [-0.3, -0.25) is 0 Å². The molecule has 4 rings (SSSR count). The molecule has 1 atom stereocenters. The van der Waals surface area contributed by atoms with Gasteiger partial charge in [0.05, 0.1) is 5.41 Å². The van der Waals surface area contributed by atoms with Crippen LogP contribution in [0.3, 0.4) is 0 Å². The number of aliphatic hydroxyl groups excluding tert-OH is 1. The molecule has 1 saturated carbocycles. The van der Waals surface area contributed by atoms with E-state index in [0.29, 0.717) is 11.4 Å². The molecule has 6 heteroatoms. The first-order valence-electron chi connectivity index (χ1n) is 8.45. The van der Waals surface area contributed by atoms with Gasteiger partial charge in [0.15, 0.2) is 6.29 Å². The number of benzene rings is 3. The van der Waals surface area contributed by atoms with Crippen molar-refractivity contribution in [2.45, 2.75) is 23.5 Å². The van der Waals surface area contributed by atoms with Gasteiger partial charge in [-0.2, -0.15) is 0 Å². The first kappa shape index (κ1) is 23.9. The molecule has 0 unspecified atom stereocenters. The number of rotatable bonds is 4. The van der Waals surface area contributed by atoms with E-state index in [9.17, 15) is 10.2 Å². The molecule has 0 spiro atoms. The normalized spacial score (nSPS) is 19.5. The van der Waals surface area contributed by atoms with E-state index in [0.717, 1.165) is 21.2 Å². The molecular formula is C22H18BrClO2Rh2. The molecule has 0 amide bonds. The topological polar surface area (TPSA) is 40.5 Å². The Labute approximate surface area is 204 Å². The van der Waals surface area contributed by atoms with Gasteiger partial charge in [0.25, 0.3) is 0 Å². The first-order valence-corrected chi connectivity index (χ1v) is 9.62. The summed E-state index contributed by atoms with van der Waals surface area (Å²) in [6.45, 7) is 0. The summed E-state index contributed by atoms with van der Waals surface area (Å²) < 4.78 is 0.860. The molecule has 150 valence electrons. The fourth-order valence-corrected chi connectivity index (χ4v) is 4.97. The van der Waals surface area contributed by atoms with Crippen LogP contribution in [0, 0.1) is 0 Å². The Morgan fingerprint density at radius 2 is 1.32 bits per heavy atom. The molecule has 3 aromatic carbocycles. The Kier molecular flexibility index (Phi) is 7.82. The van der Waals surface area contributed by atoms with Crippen molar-refractivity contribution >= 4 is 27.5 Å². The van der Waals surface area contributed by atoms with E-state index in [-0.39, 0.29) is 39.0 Å². The summed E-state index contributed by atoms with van der Waals surface area (Å²) in [7, 11) is 0. The molecule has 3 aromatic rings. The fraction of sp³-hybridized carbons (Fsp3) is 0.182. The summed E-state index contributed by atoms with van der Waals surface area (Å²) in [5.74, 6) is 0. The number of hydrogen-bond donors (Lipinski definition) is 2. The van der Waals surface area contributed by atoms with Gasteiger partial charge < -0.3 is 10.2 Å². The predicted molar refractivity (Wildman–Crippen MR) is 107 cm³/mol. The van der Waals surface area contributed by atoms with Gasteiger partial charge in [-0.1, -0.05) is 88.2 Å². The smallest absolute Gasteiger partial charge is 0.162 e. The third-order valence-electron chi connectivity index (χ3n) is 5.56. The standard InChI is InChI=1S/C22H18BrClO2.2Rh/c23-17-11-12-19(24)18(13-17)22(20(25)26)14-21(22,15-7-3-1-4-8-15)16-9-5-2-6-10-16;;/h1-13,20,25-26H,14H2;;/t22-;;/m0../s1. The molecular weight excluding hydrogens is 617 g/mol. The summed E-state index contributed by atoms with van der Waals surface area (Å²) in [6.07, 6.45) is -0.975. The monoisotopic (exact) mass is 634 g/mol. The third kappa shape index (κ3) is 3.60. The van der Waals surface area contributed by atoms with E-state index in [4.69, 9.17) is 11.6 Å². The van der Waals surface area contributed by atoms with Crippen molar-refractivity contribution in [1.29, 1.82) is 0 Å². The molecule has 0 aliphatic heterocycles. The van der Waals surface area contributed by atoms with Gasteiger partial charge in [-0.25, -0.2) is 0 Å². The summed E-state index contributed by atoms with van der Waals surface area (Å²) in [5, 5.41) is 21.6. The minimum Gasteiger partial charge on any atom is -0.367 e. The second-order valence-corrected chi connectivity index (χ2v) is 8.11. The van der Waals surface area contributed by atoms with Crippen molar-refractivity contribution in [3.05, 3.63) is 105 Å². The van der Waals surface area contributed by atoms with E-state index in [2.05, 4.69) is 15.9 Å². The van der Waals surface area contributed by atoms with Crippen LogP contribution in [0.15, 0.2) is 83.3 Å². The van der Waals surface area contributed by atoms with E-state index in [1.165, 1.54) is 0 Å². The predicted octanol–water partition coefficient (Wildman–Crippen LogP) is 5.04. The second kappa shape index (κ2) is 9.17. The fourth-order valence-electron chi connectivity index (χ4n) is 4.32. The van der Waals surface area contributed by atoms with Crippen LogP contribution in [0.5, 0.6) is 0 Å². The average molecular weight is 636 g/mol. The maximum atomic E-state index is 10.6. The van der Waals surface area contributed by atoms with Crippen molar-refractivity contribution in [2.75, 3.05) is 0 Å². The summed E-state index contributed by atoms with van der Waals surface area (Å²) in [5.41, 5.74) is 1.40. The Morgan fingerprint density at radius 1 is 0.821 bits per heavy atom. The molecule has 0 bridgehead atoms. The Morgan fingerprint density at radius 3 is 1.79 bits per heavy atom. The largest absolute Gasteiger partial charge is 0.367 e. The van der Waals surface area contributed by atoms with Crippen molar-refractivity contribution in [3.8, 4) is 0 Å². The summed E-state index contributed by atoms with van der Waals surface area (Å²) in [4.78, 5) is 0. The molecule has 0 saturated heterocycles. The quantitative estimate of drug-likeness (QED) is 0.312. The summed E-state index contributed by atoms with van der Waals surface area (Å²) in [6, 6.07) is 25.6. The maximum Gasteiger partial charge on any atom is 0.162 e. The Bertz CT molecular complexity index is 898. The second-order valence-electron chi connectivity index (χ2n) is 6.78. The number of hydrogen-bond acceptors (Lipinski definition) is 2. The molecule has 0 heterocycles. The first-order chi connectivity index (χ1) is 12.5. The molecule has 2 radical (unpaired) electrons. The van der Waals surface area contributed by atoms with Crippen molar-refractivity contribution in [1.82, 2.24) is 0 Å². The van der Waals surface area contributed by atoms with Gasteiger partial charge in [0.2, 0.25) is 0 Å². The van der Waals surface area contributed by atoms with E-state index in [1.54, 1.807) is 6.07 Å². The van der Waals surface area contributed by atoms with Crippen LogP contribution >= 0.6 is 27.5 Å². The number of halogens is 2. The third-order valence-corrected chi connectivity index (χ3v) is 6.39. The maximum absolute atomic E-state index is 10.6. The zero-order chi connectivity index (χ0) is 18.4. The van der Waals surface area contributed by atoms with Crippen LogP contribution in [0.2, 0.25) is 5.02 Å². The van der Waals surface area contributed by atoms with Gasteiger partial charge in [0, 0.05) is 53.9 Å². The van der Waals surface area contributed by atoms with Crippen LogP contribution in [0.1, 0.15) is 23.1 Å². The molecule has 1 fully saturated rings. The molecule has 1 aliphatic rings. The molecule has 2 nitrogen and oxygen atoms in total. The number of aliphatic hydroxyl groups is 2. The van der Waals surface area contributed by atoms with E-state index in [1.807, 2.05) is 72.8 Å². The van der Waals surface area contributed by atoms with Gasteiger partial charge in [0.1, 0.15) is 0 Å². The van der Waals surface area contributed by atoms with Crippen LogP contribution < -0.4 is 0 Å². The summed E-state index contributed by atoms with van der Waals surface area (Å²) >= 11 is 10.0. The minimum atomic E-state index is -1.55. The Balaban J connectivity index is 0.00000140. The van der Waals surface area contributed by atoms with Gasteiger partial charge in [-0.15, -0.1) is 0 Å². The molecule has 2 N–H and O–H groups in total. The average Bonchev–Trinajstić information content (AvgIpc) is 3.38. The van der Waals surface area contributed by atoms with E-state index < -0.39 is 17.1 Å². The van der Waals surface area contributed by atoms with Crippen LogP contribution in [-0.4, -0.2) is 16.5 Å². The molecule has 0 aromatic heterocycles. The minimum absolute atomic E-state index is 0. The van der Waals surface area contributed by atoms with Crippen LogP contribution in [-0.2, 0) is 49.8 Å². The van der Waals surface area contributed by atoms with Gasteiger partial charge in [-0.05, 0) is 41.3 Å². The zero-order valence-corrected chi connectivity index (χ0v) is 20.2. The molecule has 1 aliphatic carbocycles. The van der Waals surface area contributed by atoms with E-state index >= 15 is 0 Å². The van der Waals surface area contributed by atoms with Crippen molar-refractivity contribution < 1.29 is 49.2 Å². The van der Waals surface area contributed by atoms with Crippen molar-refractivity contribution in [3.63, 3.8) is 0 Å². The van der Waals surface area contributed by atoms with Crippen LogP contribution in [0.4, 0.5) is 0 Å².